The highest BCUT2D eigenvalue weighted by Gasteiger charge is 2.33. The molecule has 8 heteroatoms. The van der Waals surface area contributed by atoms with E-state index in [0.717, 1.165) is 5.69 Å². The van der Waals surface area contributed by atoms with Gasteiger partial charge in [-0.15, -0.1) is 11.8 Å². The smallest absolute Gasteiger partial charge is 0.360 e. The van der Waals surface area contributed by atoms with Crippen molar-refractivity contribution in [3.05, 3.63) is 34.3 Å². The number of rotatable bonds is 3. The van der Waals surface area contributed by atoms with Crippen molar-refractivity contribution in [2.75, 3.05) is 24.7 Å². The highest BCUT2D eigenvalue weighted by atomic mass is 32.2. The predicted molar refractivity (Wildman–Crippen MR) is 84.4 cm³/mol. The lowest BCUT2D eigenvalue weighted by atomic mass is 10.2. The van der Waals surface area contributed by atoms with Crippen LogP contribution in [0, 0.1) is 0 Å². The summed E-state index contributed by atoms with van der Waals surface area (Å²) in [4.78, 5) is 29.4. The number of fused-ring (bicyclic) bond motifs is 1. The Hall–Kier alpha value is -2.06. The number of thioether (sulfide) groups is 1. The van der Waals surface area contributed by atoms with Crippen molar-refractivity contribution < 1.29 is 14.3 Å². The minimum Gasteiger partial charge on any atom is -0.480 e. The van der Waals surface area contributed by atoms with E-state index in [0.29, 0.717) is 16.9 Å². The Morgan fingerprint density at radius 2 is 2.27 bits per heavy atom. The first kappa shape index (κ1) is 14.9. The van der Waals surface area contributed by atoms with Crippen LogP contribution in [0.2, 0.25) is 0 Å². The van der Waals surface area contributed by atoms with E-state index in [4.69, 9.17) is 9.52 Å². The van der Waals surface area contributed by atoms with Gasteiger partial charge in [0.15, 0.2) is 11.3 Å². The molecule has 1 saturated heterocycles. The fraction of sp³-hybridized carbons (Fsp3) is 0.357. The summed E-state index contributed by atoms with van der Waals surface area (Å²) >= 11 is 1.34. The van der Waals surface area contributed by atoms with E-state index in [-0.39, 0.29) is 5.69 Å². The molecule has 7 nitrogen and oxygen atoms in total. The van der Waals surface area contributed by atoms with Gasteiger partial charge in [-0.3, -0.25) is 10.1 Å². The number of nitrogens with zero attached hydrogens (tertiary/aromatic N) is 2. The van der Waals surface area contributed by atoms with Crippen LogP contribution in [0.4, 0.5) is 5.69 Å². The van der Waals surface area contributed by atoms with Crippen molar-refractivity contribution in [2.24, 2.45) is 0 Å². The van der Waals surface area contributed by atoms with Crippen molar-refractivity contribution >= 4 is 34.5 Å². The summed E-state index contributed by atoms with van der Waals surface area (Å²) in [7, 11) is 3.79. The quantitative estimate of drug-likeness (QED) is 0.866. The van der Waals surface area contributed by atoms with Gasteiger partial charge in [0.25, 0.3) is 0 Å². The maximum atomic E-state index is 12.1. The van der Waals surface area contributed by atoms with Crippen LogP contribution >= 0.6 is 11.8 Å². The van der Waals surface area contributed by atoms with E-state index >= 15 is 0 Å². The zero-order valence-electron chi connectivity index (χ0n) is 12.1. The fourth-order valence-corrected chi connectivity index (χ4v) is 3.41. The summed E-state index contributed by atoms with van der Waals surface area (Å²) in [5, 5.41) is 11.4. The number of nitrogens with one attached hydrogen (secondary N) is 1. The van der Waals surface area contributed by atoms with Crippen LogP contribution in [0.5, 0.6) is 0 Å². The molecule has 116 valence electrons. The number of carboxylic acids is 1. The highest BCUT2D eigenvalue weighted by Crippen LogP contribution is 2.31. The Labute approximate surface area is 130 Å². The van der Waals surface area contributed by atoms with Crippen LogP contribution in [0.3, 0.4) is 0 Å². The van der Waals surface area contributed by atoms with Crippen LogP contribution in [-0.2, 0) is 4.79 Å². The Morgan fingerprint density at radius 3 is 2.91 bits per heavy atom. The van der Waals surface area contributed by atoms with Gasteiger partial charge in [0, 0.05) is 31.6 Å². The van der Waals surface area contributed by atoms with E-state index in [1.807, 2.05) is 25.1 Å². The number of aromatic nitrogens is 1. The molecule has 1 aliphatic heterocycles. The molecule has 1 fully saturated rings. The third-order valence-corrected chi connectivity index (χ3v) is 4.66. The molecule has 0 spiro atoms. The molecule has 2 atom stereocenters. The van der Waals surface area contributed by atoms with E-state index < -0.39 is 23.0 Å². The number of carboxylic acid groups (broad SMARTS) is 1. The normalized spacial score (nSPS) is 21.2. The summed E-state index contributed by atoms with van der Waals surface area (Å²) in [6.45, 7) is 0. The molecule has 1 aliphatic rings. The minimum atomic E-state index is -0.934. The molecule has 2 unspecified atom stereocenters. The molecule has 1 aromatic heterocycles. The average molecular weight is 321 g/mol. The molecule has 0 aliphatic carbocycles. The SMILES string of the molecule is CN(C)c1ccc2nc(C3NC(C(=O)O)CS3)c(=O)oc2c1. The molecular formula is C14H15N3O4S. The molecule has 3 rings (SSSR count). The standard InChI is InChI=1S/C14H15N3O4S/c1-17(2)7-3-4-8-10(5-7)21-14(20)11(15-8)12-16-9(6-22-12)13(18)19/h3-5,9,12,16H,6H2,1-2H3,(H,18,19). The van der Waals surface area contributed by atoms with Crippen molar-refractivity contribution in [3.63, 3.8) is 0 Å². The topological polar surface area (TPSA) is 95.7 Å². The van der Waals surface area contributed by atoms with E-state index in [1.54, 1.807) is 12.1 Å². The van der Waals surface area contributed by atoms with Gasteiger partial charge < -0.3 is 14.4 Å². The average Bonchev–Trinajstić information content (AvgIpc) is 2.95. The second kappa shape index (κ2) is 5.62. The minimum absolute atomic E-state index is 0.207. The van der Waals surface area contributed by atoms with Crippen molar-refractivity contribution in [3.8, 4) is 0 Å². The van der Waals surface area contributed by atoms with Crippen LogP contribution in [0.1, 0.15) is 11.1 Å². The predicted octanol–water partition coefficient (Wildman–Crippen LogP) is 1.04. The lowest BCUT2D eigenvalue weighted by molar-refractivity contribution is -0.138. The molecule has 2 aromatic rings. The van der Waals surface area contributed by atoms with Gasteiger partial charge >= 0.3 is 11.6 Å². The number of aliphatic carboxylic acids is 1. The Balaban J connectivity index is 1.98. The Kier molecular flexibility index (Phi) is 3.79. The molecule has 22 heavy (non-hydrogen) atoms. The van der Waals surface area contributed by atoms with Gasteiger partial charge in [0.2, 0.25) is 0 Å². The molecule has 1 aromatic carbocycles. The summed E-state index contributed by atoms with van der Waals surface area (Å²) in [6.07, 6.45) is 0. The lowest BCUT2D eigenvalue weighted by Crippen LogP contribution is -2.35. The van der Waals surface area contributed by atoms with E-state index in [1.165, 1.54) is 11.8 Å². The van der Waals surface area contributed by atoms with Crippen LogP contribution in [-0.4, -0.2) is 41.9 Å². The van der Waals surface area contributed by atoms with Gasteiger partial charge in [-0.1, -0.05) is 0 Å². The van der Waals surface area contributed by atoms with Crippen LogP contribution in [0.25, 0.3) is 11.1 Å². The summed E-state index contributed by atoms with van der Waals surface area (Å²) in [6, 6.07) is 4.74. The third kappa shape index (κ3) is 2.67. The fourth-order valence-electron chi connectivity index (χ4n) is 2.22. The van der Waals surface area contributed by atoms with Crippen LogP contribution < -0.4 is 15.8 Å². The van der Waals surface area contributed by atoms with Crippen molar-refractivity contribution in [1.29, 1.82) is 0 Å². The number of hydrogen-bond donors (Lipinski definition) is 2. The monoisotopic (exact) mass is 321 g/mol. The van der Waals surface area contributed by atoms with Crippen LogP contribution in [0.15, 0.2) is 27.4 Å². The largest absolute Gasteiger partial charge is 0.480 e. The Morgan fingerprint density at radius 1 is 1.50 bits per heavy atom. The van der Waals surface area contributed by atoms with Gasteiger partial charge in [-0.05, 0) is 12.1 Å². The summed E-state index contributed by atoms with van der Waals surface area (Å²) in [5.74, 6) is -0.547. The molecule has 0 radical (unpaired) electrons. The highest BCUT2D eigenvalue weighted by molar-refractivity contribution is 7.99. The second-order valence-electron chi connectivity index (χ2n) is 5.20. The molecule has 2 N–H and O–H groups in total. The first-order valence-corrected chi connectivity index (χ1v) is 7.73. The molecule has 0 bridgehead atoms. The van der Waals surface area contributed by atoms with E-state index in [2.05, 4.69) is 10.3 Å². The van der Waals surface area contributed by atoms with Crippen molar-refractivity contribution in [1.82, 2.24) is 10.3 Å². The summed E-state index contributed by atoms with van der Waals surface area (Å²) in [5.41, 5.74) is 1.56. The maximum Gasteiger partial charge on any atom is 0.360 e. The number of benzene rings is 1. The Bertz CT molecular complexity index is 789. The molecule has 0 amide bonds. The lowest BCUT2D eigenvalue weighted by Gasteiger charge is -2.13. The molecular weight excluding hydrogens is 306 g/mol. The number of anilines is 1. The summed E-state index contributed by atoms with van der Waals surface area (Å²) < 4.78 is 5.35. The maximum absolute atomic E-state index is 12.1. The third-order valence-electron chi connectivity index (χ3n) is 3.44. The first-order valence-electron chi connectivity index (χ1n) is 6.68. The van der Waals surface area contributed by atoms with Gasteiger partial charge in [-0.25, -0.2) is 9.78 Å². The zero-order valence-corrected chi connectivity index (χ0v) is 12.9. The molecule has 2 heterocycles. The first-order chi connectivity index (χ1) is 10.5. The van der Waals surface area contributed by atoms with Gasteiger partial charge in [0.05, 0.1) is 0 Å². The number of carbonyl (C=O) groups is 1. The van der Waals surface area contributed by atoms with Gasteiger partial charge in [-0.2, -0.15) is 0 Å². The molecule has 0 saturated carbocycles. The van der Waals surface area contributed by atoms with Crippen molar-refractivity contribution in [2.45, 2.75) is 11.4 Å². The van der Waals surface area contributed by atoms with Gasteiger partial charge in [0.1, 0.15) is 16.9 Å². The zero-order chi connectivity index (χ0) is 15.9. The number of hydrogen-bond acceptors (Lipinski definition) is 7. The van der Waals surface area contributed by atoms with E-state index in [9.17, 15) is 9.59 Å². The second-order valence-corrected chi connectivity index (χ2v) is 6.34.